The summed E-state index contributed by atoms with van der Waals surface area (Å²) < 4.78 is 26.1. The van der Waals surface area contributed by atoms with Gasteiger partial charge in [0.15, 0.2) is 9.84 Å². The second-order valence-corrected chi connectivity index (χ2v) is 10.9. The van der Waals surface area contributed by atoms with E-state index in [0.29, 0.717) is 29.1 Å². The van der Waals surface area contributed by atoms with E-state index in [0.717, 1.165) is 11.1 Å². The van der Waals surface area contributed by atoms with Crippen LogP contribution in [0.1, 0.15) is 27.0 Å². The number of benzene rings is 3. The maximum Gasteiger partial charge on any atom is 0.255 e. The number of hydrogen-bond acceptors (Lipinski definition) is 4. The number of nitrogens with zero attached hydrogens (tertiary/aromatic N) is 1. The Hall–Kier alpha value is -3.16. The standard InChI is InChI=1S/C26H25ClN2O4S/c27-22-12-10-19(11-13-22)14-15-28-25(30)24(18-34(32,33)17-20-6-2-1-3-7-20)29-16-21-8-4-5-9-23(21)26(29)31/h1-13,24H,14-18H2,(H,28,30)/t24-/m1/s1. The predicted octanol–water partition coefficient (Wildman–Crippen LogP) is 3.64. The topological polar surface area (TPSA) is 83.6 Å². The van der Waals surface area contributed by atoms with Gasteiger partial charge < -0.3 is 10.2 Å². The first kappa shape index (κ1) is 24.0. The van der Waals surface area contributed by atoms with Crippen molar-refractivity contribution in [3.8, 4) is 0 Å². The van der Waals surface area contributed by atoms with Crippen LogP contribution in [-0.2, 0) is 33.4 Å². The molecule has 1 heterocycles. The van der Waals surface area contributed by atoms with Gasteiger partial charge in [-0.2, -0.15) is 0 Å². The minimum atomic E-state index is -3.68. The zero-order chi connectivity index (χ0) is 24.1. The van der Waals surface area contributed by atoms with E-state index in [1.54, 1.807) is 48.5 Å². The lowest BCUT2D eigenvalue weighted by molar-refractivity contribution is -0.125. The van der Waals surface area contributed by atoms with Crippen LogP contribution in [0.25, 0.3) is 0 Å². The first-order valence-corrected chi connectivity index (χ1v) is 13.2. The average Bonchev–Trinajstić information content (AvgIpc) is 3.15. The highest BCUT2D eigenvalue weighted by Crippen LogP contribution is 2.25. The maximum absolute atomic E-state index is 13.2. The zero-order valence-corrected chi connectivity index (χ0v) is 20.1. The van der Waals surface area contributed by atoms with Crippen molar-refractivity contribution in [2.45, 2.75) is 24.8 Å². The number of hydrogen-bond donors (Lipinski definition) is 1. The Morgan fingerprint density at radius 3 is 2.32 bits per heavy atom. The van der Waals surface area contributed by atoms with Gasteiger partial charge in [-0.15, -0.1) is 0 Å². The van der Waals surface area contributed by atoms with E-state index in [1.807, 2.05) is 30.3 Å². The Morgan fingerprint density at radius 1 is 0.941 bits per heavy atom. The fourth-order valence-electron chi connectivity index (χ4n) is 4.06. The maximum atomic E-state index is 13.2. The van der Waals surface area contributed by atoms with Crippen LogP contribution in [0.3, 0.4) is 0 Å². The van der Waals surface area contributed by atoms with Crippen molar-refractivity contribution in [3.63, 3.8) is 0 Å². The monoisotopic (exact) mass is 496 g/mol. The fourth-order valence-corrected chi connectivity index (χ4v) is 5.82. The van der Waals surface area contributed by atoms with Crippen LogP contribution in [-0.4, -0.2) is 43.5 Å². The molecule has 0 aromatic heterocycles. The fraction of sp³-hybridized carbons (Fsp3) is 0.231. The molecule has 6 nitrogen and oxygen atoms in total. The van der Waals surface area contributed by atoms with Gasteiger partial charge in [-0.1, -0.05) is 72.3 Å². The summed E-state index contributed by atoms with van der Waals surface area (Å²) >= 11 is 5.92. The minimum absolute atomic E-state index is 0.197. The highest BCUT2D eigenvalue weighted by Gasteiger charge is 2.38. The first-order valence-electron chi connectivity index (χ1n) is 11.0. The summed E-state index contributed by atoms with van der Waals surface area (Å²) in [5.41, 5.74) is 2.91. The molecule has 4 rings (SSSR count). The second kappa shape index (κ2) is 10.4. The van der Waals surface area contributed by atoms with Crippen LogP contribution in [0.4, 0.5) is 0 Å². The van der Waals surface area contributed by atoms with Gasteiger partial charge in [0, 0.05) is 23.7 Å². The summed E-state index contributed by atoms with van der Waals surface area (Å²) in [4.78, 5) is 27.6. The number of carbonyl (C=O) groups excluding carboxylic acids is 2. The molecule has 176 valence electrons. The molecule has 34 heavy (non-hydrogen) atoms. The van der Waals surface area contributed by atoms with Crippen LogP contribution in [0.2, 0.25) is 5.02 Å². The molecule has 0 aliphatic carbocycles. The molecule has 0 saturated heterocycles. The van der Waals surface area contributed by atoms with E-state index >= 15 is 0 Å². The third kappa shape index (κ3) is 5.85. The second-order valence-electron chi connectivity index (χ2n) is 8.31. The van der Waals surface area contributed by atoms with Gasteiger partial charge in [-0.3, -0.25) is 9.59 Å². The van der Waals surface area contributed by atoms with E-state index in [-0.39, 0.29) is 18.2 Å². The molecule has 3 aromatic rings. The largest absolute Gasteiger partial charge is 0.354 e. The number of amides is 2. The highest BCUT2D eigenvalue weighted by molar-refractivity contribution is 7.90. The zero-order valence-electron chi connectivity index (χ0n) is 18.5. The summed E-state index contributed by atoms with van der Waals surface area (Å²) in [5, 5.41) is 3.45. The van der Waals surface area contributed by atoms with E-state index in [4.69, 9.17) is 11.6 Å². The van der Waals surface area contributed by atoms with Gasteiger partial charge >= 0.3 is 0 Å². The van der Waals surface area contributed by atoms with Crippen LogP contribution in [0.15, 0.2) is 78.9 Å². The number of carbonyl (C=O) groups is 2. The summed E-state index contributed by atoms with van der Waals surface area (Å²) in [7, 11) is -3.68. The van der Waals surface area contributed by atoms with Crippen molar-refractivity contribution in [2.75, 3.05) is 12.3 Å². The van der Waals surface area contributed by atoms with Crippen molar-refractivity contribution < 1.29 is 18.0 Å². The molecule has 3 aromatic carbocycles. The molecule has 8 heteroatoms. The van der Waals surface area contributed by atoms with Gasteiger partial charge in [0.1, 0.15) is 6.04 Å². The van der Waals surface area contributed by atoms with E-state index < -0.39 is 27.5 Å². The molecule has 1 aliphatic rings. The van der Waals surface area contributed by atoms with Crippen LogP contribution < -0.4 is 5.32 Å². The molecule has 2 amide bonds. The summed E-state index contributed by atoms with van der Waals surface area (Å²) in [6, 6.07) is 22.1. The molecule has 0 saturated carbocycles. The van der Waals surface area contributed by atoms with Crippen molar-refractivity contribution in [1.29, 1.82) is 0 Å². The molecule has 0 spiro atoms. The van der Waals surface area contributed by atoms with Crippen LogP contribution >= 0.6 is 11.6 Å². The lowest BCUT2D eigenvalue weighted by Crippen LogP contribution is -2.51. The van der Waals surface area contributed by atoms with Crippen LogP contribution in [0.5, 0.6) is 0 Å². The normalized spacial score (nSPS) is 14.0. The van der Waals surface area contributed by atoms with Gasteiger partial charge in [-0.25, -0.2) is 8.42 Å². The summed E-state index contributed by atoms with van der Waals surface area (Å²) in [5.74, 6) is -1.46. The Kier molecular flexibility index (Phi) is 7.34. The van der Waals surface area contributed by atoms with E-state index in [2.05, 4.69) is 5.32 Å². The predicted molar refractivity (Wildman–Crippen MR) is 132 cm³/mol. The number of sulfone groups is 1. The number of nitrogens with one attached hydrogen (secondary N) is 1. The molecular formula is C26H25ClN2O4S. The minimum Gasteiger partial charge on any atom is -0.354 e. The molecule has 0 unspecified atom stereocenters. The van der Waals surface area contributed by atoms with Gasteiger partial charge in [0.25, 0.3) is 5.91 Å². The molecule has 0 fully saturated rings. The van der Waals surface area contributed by atoms with Gasteiger partial charge in [0.2, 0.25) is 5.91 Å². The van der Waals surface area contributed by atoms with E-state index in [1.165, 1.54) is 4.90 Å². The van der Waals surface area contributed by atoms with Crippen molar-refractivity contribution in [2.24, 2.45) is 0 Å². The Labute approximate surface area is 204 Å². The molecule has 1 atom stereocenters. The molecular weight excluding hydrogens is 472 g/mol. The average molecular weight is 497 g/mol. The number of halogens is 1. The highest BCUT2D eigenvalue weighted by atomic mass is 35.5. The number of rotatable bonds is 9. The Bertz CT molecular complexity index is 1280. The number of fused-ring (bicyclic) bond motifs is 1. The van der Waals surface area contributed by atoms with Gasteiger partial charge in [-0.05, 0) is 41.3 Å². The van der Waals surface area contributed by atoms with Crippen molar-refractivity contribution in [1.82, 2.24) is 10.2 Å². The molecule has 1 aliphatic heterocycles. The SMILES string of the molecule is O=C(NCCc1ccc(Cl)cc1)[C@@H](CS(=O)(=O)Cc1ccccc1)N1Cc2ccccc2C1=O. The molecule has 1 N–H and O–H groups in total. The quantitative estimate of drug-likeness (QED) is 0.490. The first-order chi connectivity index (χ1) is 16.3. The van der Waals surface area contributed by atoms with Crippen molar-refractivity contribution in [3.05, 3.63) is 106 Å². The summed E-state index contributed by atoms with van der Waals surface area (Å²) in [6.07, 6.45) is 0.556. The third-order valence-electron chi connectivity index (χ3n) is 5.80. The smallest absolute Gasteiger partial charge is 0.255 e. The van der Waals surface area contributed by atoms with Crippen LogP contribution in [0, 0.1) is 0 Å². The summed E-state index contributed by atoms with van der Waals surface area (Å²) in [6.45, 7) is 0.510. The Balaban J connectivity index is 1.50. The molecule has 0 radical (unpaired) electrons. The van der Waals surface area contributed by atoms with Crippen molar-refractivity contribution >= 4 is 33.3 Å². The molecule has 0 bridgehead atoms. The lowest BCUT2D eigenvalue weighted by atomic mass is 10.1. The van der Waals surface area contributed by atoms with E-state index in [9.17, 15) is 18.0 Å². The van der Waals surface area contributed by atoms with Gasteiger partial charge in [0.05, 0.1) is 11.5 Å². The Morgan fingerprint density at radius 2 is 1.62 bits per heavy atom. The third-order valence-corrected chi connectivity index (χ3v) is 7.64. The lowest BCUT2D eigenvalue weighted by Gasteiger charge is -2.27.